The number of halogens is 2. The van der Waals surface area contributed by atoms with Crippen molar-refractivity contribution in [2.75, 3.05) is 11.9 Å². The van der Waals surface area contributed by atoms with Crippen LogP contribution in [0.4, 0.5) is 5.69 Å². The number of nitrogens with one attached hydrogen (secondary N) is 1. The zero-order chi connectivity index (χ0) is 15.4. The SMILES string of the molecule is CCOc1ccc(NC(=O)c2cc(C)c(Br)s2)cc1CBr. The third-order valence-electron chi connectivity index (χ3n) is 2.84. The Morgan fingerprint density at radius 3 is 2.71 bits per heavy atom. The molecule has 0 fully saturated rings. The fourth-order valence-electron chi connectivity index (χ4n) is 1.82. The van der Waals surface area contributed by atoms with Gasteiger partial charge in [0.2, 0.25) is 0 Å². The van der Waals surface area contributed by atoms with E-state index in [1.165, 1.54) is 11.3 Å². The van der Waals surface area contributed by atoms with Crippen LogP contribution in [0.3, 0.4) is 0 Å². The second-order valence-corrected chi connectivity index (χ2v) is 7.34. The molecule has 0 saturated heterocycles. The maximum absolute atomic E-state index is 12.2. The van der Waals surface area contributed by atoms with E-state index in [0.717, 1.165) is 26.4 Å². The molecule has 0 unspecified atom stereocenters. The van der Waals surface area contributed by atoms with Crippen LogP contribution in [0.5, 0.6) is 5.75 Å². The van der Waals surface area contributed by atoms with E-state index in [9.17, 15) is 4.79 Å². The molecule has 0 aliphatic rings. The number of benzene rings is 1. The Balaban J connectivity index is 2.17. The lowest BCUT2D eigenvalue weighted by Crippen LogP contribution is -2.10. The van der Waals surface area contributed by atoms with E-state index in [0.29, 0.717) is 16.8 Å². The van der Waals surface area contributed by atoms with Crippen LogP contribution >= 0.6 is 43.2 Å². The molecule has 0 atom stereocenters. The van der Waals surface area contributed by atoms with Gasteiger partial charge in [0, 0.05) is 16.6 Å². The average Bonchev–Trinajstić information content (AvgIpc) is 2.80. The van der Waals surface area contributed by atoms with Gasteiger partial charge in [0.1, 0.15) is 5.75 Å². The van der Waals surface area contributed by atoms with E-state index in [4.69, 9.17) is 4.74 Å². The summed E-state index contributed by atoms with van der Waals surface area (Å²) in [5.41, 5.74) is 2.84. The molecule has 1 aromatic heterocycles. The highest BCUT2D eigenvalue weighted by molar-refractivity contribution is 9.11. The monoisotopic (exact) mass is 431 g/mol. The molecule has 0 saturated carbocycles. The maximum Gasteiger partial charge on any atom is 0.265 e. The minimum atomic E-state index is -0.0986. The predicted octanol–water partition coefficient (Wildman–Crippen LogP) is 5.36. The zero-order valence-electron chi connectivity index (χ0n) is 11.7. The fraction of sp³-hybridized carbons (Fsp3) is 0.267. The number of hydrogen-bond donors (Lipinski definition) is 1. The van der Waals surface area contributed by atoms with Gasteiger partial charge in [-0.3, -0.25) is 4.79 Å². The number of rotatable bonds is 5. The first-order valence-corrected chi connectivity index (χ1v) is 9.17. The average molecular weight is 433 g/mol. The summed E-state index contributed by atoms with van der Waals surface area (Å²) in [5, 5.41) is 3.59. The normalized spacial score (nSPS) is 10.5. The summed E-state index contributed by atoms with van der Waals surface area (Å²) >= 11 is 8.31. The van der Waals surface area contributed by atoms with Gasteiger partial charge in [-0.15, -0.1) is 11.3 Å². The highest BCUT2D eigenvalue weighted by atomic mass is 79.9. The lowest BCUT2D eigenvalue weighted by molar-refractivity contribution is 0.103. The van der Waals surface area contributed by atoms with Gasteiger partial charge in [0.15, 0.2) is 0 Å². The van der Waals surface area contributed by atoms with Crippen LogP contribution < -0.4 is 10.1 Å². The van der Waals surface area contributed by atoms with Gasteiger partial charge in [-0.1, -0.05) is 15.9 Å². The predicted molar refractivity (Wildman–Crippen MR) is 95.0 cm³/mol. The molecular weight excluding hydrogens is 418 g/mol. The Morgan fingerprint density at radius 2 is 2.14 bits per heavy atom. The minimum absolute atomic E-state index is 0.0986. The number of aryl methyl sites for hydroxylation is 1. The summed E-state index contributed by atoms with van der Waals surface area (Å²) in [4.78, 5) is 12.9. The van der Waals surface area contributed by atoms with Crippen molar-refractivity contribution in [3.05, 3.63) is 44.1 Å². The summed E-state index contributed by atoms with van der Waals surface area (Å²) in [6.45, 7) is 4.54. The zero-order valence-corrected chi connectivity index (χ0v) is 15.7. The standard InChI is InChI=1S/C15H15Br2NO2S/c1-3-20-12-5-4-11(7-10(12)8-16)18-15(19)13-6-9(2)14(17)21-13/h4-7H,3,8H2,1-2H3,(H,18,19). The van der Waals surface area contributed by atoms with Crippen LogP contribution in [0, 0.1) is 6.92 Å². The van der Waals surface area contributed by atoms with E-state index < -0.39 is 0 Å². The van der Waals surface area contributed by atoms with Crippen molar-refractivity contribution in [3.63, 3.8) is 0 Å². The quantitative estimate of drug-likeness (QED) is 0.645. The highest BCUT2D eigenvalue weighted by Crippen LogP contribution is 2.29. The van der Waals surface area contributed by atoms with Crippen molar-refractivity contribution in [3.8, 4) is 5.75 Å². The summed E-state index contributed by atoms with van der Waals surface area (Å²) in [6.07, 6.45) is 0. The van der Waals surface area contributed by atoms with Gasteiger partial charge < -0.3 is 10.1 Å². The van der Waals surface area contributed by atoms with Gasteiger partial charge in [0.25, 0.3) is 5.91 Å². The molecule has 21 heavy (non-hydrogen) atoms. The Kier molecular flexibility index (Phi) is 5.84. The van der Waals surface area contributed by atoms with Crippen molar-refractivity contribution in [2.24, 2.45) is 0 Å². The van der Waals surface area contributed by atoms with Crippen LogP contribution in [0.25, 0.3) is 0 Å². The molecule has 0 radical (unpaired) electrons. The Hall–Kier alpha value is -0.850. The van der Waals surface area contributed by atoms with Crippen molar-refractivity contribution in [2.45, 2.75) is 19.2 Å². The highest BCUT2D eigenvalue weighted by Gasteiger charge is 2.12. The lowest BCUT2D eigenvalue weighted by Gasteiger charge is -2.11. The molecule has 1 amide bonds. The molecule has 0 aliphatic heterocycles. The molecule has 2 rings (SSSR count). The number of hydrogen-bond acceptors (Lipinski definition) is 3. The van der Waals surface area contributed by atoms with Crippen LogP contribution in [-0.4, -0.2) is 12.5 Å². The molecule has 0 aliphatic carbocycles. The molecule has 0 spiro atoms. The number of ether oxygens (including phenoxy) is 1. The first-order valence-electron chi connectivity index (χ1n) is 6.44. The third-order valence-corrected chi connectivity index (χ3v) is 5.58. The Labute approximate surface area is 145 Å². The van der Waals surface area contributed by atoms with Gasteiger partial charge in [-0.2, -0.15) is 0 Å². The molecule has 1 aromatic carbocycles. The molecule has 3 nitrogen and oxygen atoms in total. The number of amides is 1. The van der Waals surface area contributed by atoms with Gasteiger partial charge in [0.05, 0.1) is 15.3 Å². The molecule has 2 aromatic rings. The van der Waals surface area contributed by atoms with Crippen molar-refractivity contribution >= 4 is 54.8 Å². The van der Waals surface area contributed by atoms with E-state index in [1.807, 2.05) is 38.1 Å². The second kappa shape index (κ2) is 7.42. The lowest BCUT2D eigenvalue weighted by atomic mass is 10.2. The number of carbonyl (C=O) groups excluding carboxylic acids is 1. The number of thiophene rings is 1. The summed E-state index contributed by atoms with van der Waals surface area (Å²) in [5.74, 6) is 0.737. The van der Waals surface area contributed by atoms with Crippen LogP contribution in [0.15, 0.2) is 28.1 Å². The molecule has 6 heteroatoms. The van der Waals surface area contributed by atoms with Crippen LogP contribution in [0.1, 0.15) is 27.7 Å². The van der Waals surface area contributed by atoms with Crippen molar-refractivity contribution < 1.29 is 9.53 Å². The third kappa shape index (κ3) is 4.08. The fourth-order valence-corrected chi connectivity index (χ4v) is 3.69. The largest absolute Gasteiger partial charge is 0.494 e. The van der Waals surface area contributed by atoms with Gasteiger partial charge in [-0.25, -0.2) is 0 Å². The molecular formula is C15H15Br2NO2S. The maximum atomic E-state index is 12.2. The van der Waals surface area contributed by atoms with Gasteiger partial charge >= 0.3 is 0 Å². The molecule has 0 bridgehead atoms. The van der Waals surface area contributed by atoms with E-state index in [-0.39, 0.29) is 5.91 Å². The number of carbonyl (C=O) groups is 1. The second-order valence-electron chi connectivity index (χ2n) is 4.41. The molecule has 112 valence electrons. The number of alkyl halides is 1. The van der Waals surface area contributed by atoms with Crippen LogP contribution in [-0.2, 0) is 5.33 Å². The Bertz CT molecular complexity index is 636. The Morgan fingerprint density at radius 1 is 1.38 bits per heavy atom. The summed E-state index contributed by atoms with van der Waals surface area (Å²) < 4.78 is 6.53. The van der Waals surface area contributed by atoms with Crippen molar-refractivity contribution in [1.29, 1.82) is 0 Å². The van der Waals surface area contributed by atoms with E-state index in [2.05, 4.69) is 37.2 Å². The van der Waals surface area contributed by atoms with Crippen molar-refractivity contribution in [1.82, 2.24) is 0 Å². The summed E-state index contributed by atoms with van der Waals surface area (Å²) in [7, 11) is 0. The molecule has 1 heterocycles. The van der Waals surface area contributed by atoms with Crippen LogP contribution in [0.2, 0.25) is 0 Å². The first kappa shape index (κ1) is 16.5. The number of anilines is 1. The summed E-state index contributed by atoms with van der Waals surface area (Å²) in [6, 6.07) is 7.53. The molecule has 1 N–H and O–H groups in total. The minimum Gasteiger partial charge on any atom is -0.494 e. The topological polar surface area (TPSA) is 38.3 Å². The van der Waals surface area contributed by atoms with E-state index in [1.54, 1.807) is 0 Å². The van der Waals surface area contributed by atoms with E-state index >= 15 is 0 Å². The smallest absolute Gasteiger partial charge is 0.265 e. The first-order chi connectivity index (χ1) is 10.0. The van der Waals surface area contributed by atoms with Gasteiger partial charge in [-0.05, 0) is 59.6 Å².